The van der Waals surface area contributed by atoms with E-state index in [2.05, 4.69) is 15.2 Å². The molecule has 0 aliphatic heterocycles. The number of primary amides is 1. The molecule has 8 nitrogen and oxygen atoms in total. The highest BCUT2D eigenvalue weighted by molar-refractivity contribution is 5.75. The first-order chi connectivity index (χ1) is 11.3. The summed E-state index contributed by atoms with van der Waals surface area (Å²) >= 11 is 0. The van der Waals surface area contributed by atoms with E-state index in [1.54, 1.807) is 15.6 Å². The molecule has 1 amide bonds. The average Bonchev–Trinajstić information content (AvgIpc) is 3.17. The highest BCUT2D eigenvalue weighted by atomic mass is 16.3. The Hall–Kier alpha value is -2.90. The minimum absolute atomic E-state index is 0.00304. The van der Waals surface area contributed by atoms with Crippen molar-refractivity contribution in [2.75, 3.05) is 0 Å². The van der Waals surface area contributed by atoms with Crippen LogP contribution >= 0.6 is 0 Å². The normalized spacial score (nSPS) is 11.8. The van der Waals surface area contributed by atoms with Gasteiger partial charge in [-0.1, -0.05) is 0 Å². The molecule has 0 fully saturated rings. The zero-order chi connectivity index (χ0) is 17.3. The molecule has 0 aliphatic rings. The number of nitrogens with two attached hydrogens (primary N) is 1. The minimum Gasteiger partial charge on any atom is -0.456 e. The van der Waals surface area contributed by atoms with Crippen LogP contribution < -0.4 is 5.73 Å². The maximum atomic E-state index is 11.2. The van der Waals surface area contributed by atoms with Crippen LogP contribution in [0, 0.1) is 0 Å². The van der Waals surface area contributed by atoms with Gasteiger partial charge in [0.1, 0.15) is 5.76 Å². The molecule has 0 aromatic carbocycles. The van der Waals surface area contributed by atoms with Crippen LogP contribution in [0.25, 0.3) is 11.6 Å². The van der Waals surface area contributed by atoms with E-state index in [0.29, 0.717) is 24.0 Å². The Bertz CT molecular complexity index is 838. The summed E-state index contributed by atoms with van der Waals surface area (Å²) in [4.78, 5) is 15.6. The topological polar surface area (TPSA) is 105 Å². The van der Waals surface area contributed by atoms with Gasteiger partial charge < -0.3 is 10.2 Å². The highest BCUT2D eigenvalue weighted by Crippen LogP contribution is 2.26. The van der Waals surface area contributed by atoms with Gasteiger partial charge in [0, 0.05) is 12.4 Å². The van der Waals surface area contributed by atoms with Crippen LogP contribution in [0.3, 0.4) is 0 Å². The fourth-order valence-electron chi connectivity index (χ4n) is 2.35. The summed E-state index contributed by atoms with van der Waals surface area (Å²) in [6.07, 6.45) is 3.58. The van der Waals surface area contributed by atoms with E-state index >= 15 is 0 Å². The zero-order valence-electron chi connectivity index (χ0n) is 13.9. The SMILES string of the molecule is CC(C)(C)n1nc(CC(N)=O)nc1-c1ccc(Cn2cccn2)o1. The number of carbonyl (C=O) groups is 1. The van der Waals surface area contributed by atoms with Gasteiger partial charge in [0.2, 0.25) is 5.91 Å². The maximum Gasteiger partial charge on any atom is 0.225 e. The Morgan fingerprint density at radius 3 is 2.75 bits per heavy atom. The third kappa shape index (κ3) is 3.37. The lowest BCUT2D eigenvalue weighted by Gasteiger charge is -2.20. The van der Waals surface area contributed by atoms with Gasteiger partial charge in [0.15, 0.2) is 17.4 Å². The van der Waals surface area contributed by atoms with Crippen LogP contribution in [-0.4, -0.2) is 30.5 Å². The number of rotatable bonds is 5. The van der Waals surface area contributed by atoms with Gasteiger partial charge in [-0.25, -0.2) is 9.67 Å². The van der Waals surface area contributed by atoms with Crippen molar-refractivity contribution in [2.45, 2.75) is 39.3 Å². The van der Waals surface area contributed by atoms with Crippen LogP contribution in [-0.2, 0) is 23.3 Å². The first-order valence-electron chi connectivity index (χ1n) is 7.64. The van der Waals surface area contributed by atoms with Gasteiger partial charge in [0.05, 0.1) is 18.5 Å². The molecule has 3 aromatic heterocycles. The quantitative estimate of drug-likeness (QED) is 0.765. The number of amides is 1. The molecule has 3 rings (SSSR count). The first kappa shape index (κ1) is 16.0. The Morgan fingerprint density at radius 2 is 2.12 bits per heavy atom. The Morgan fingerprint density at radius 1 is 1.33 bits per heavy atom. The average molecular weight is 328 g/mol. The summed E-state index contributed by atoms with van der Waals surface area (Å²) in [6, 6.07) is 5.59. The second-order valence-electron chi connectivity index (χ2n) is 6.55. The number of hydrogen-bond donors (Lipinski definition) is 1. The zero-order valence-corrected chi connectivity index (χ0v) is 13.9. The van der Waals surface area contributed by atoms with Crippen LogP contribution in [0.15, 0.2) is 35.0 Å². The Labute approximate surface area is 139 Å². The Balaban J connectivity index is 1.94. The van der Waals surface area contributed by atoms with Gasteiger partial charge >= 0.3 is 0 Å². The molecular formula is C16H20N6O2. The van der Waals surface area contributed by atoms with E-state index in [1.165, 1.54) is 0 Å². The standard InChI is InChI=1S/C16H20N6O2/c1-16(2,3)22-15(19-14(20-22)9-13(17)23)12-6-5-11(24-12)10-21-8-4-7-18-21/h4-8H,9-10H2,1-3H3,(H2,17,23). The number of hydrogen-bond acceptors (Lipinski definition) is 5. The van der Waals surface area contributed by atoms with Gasteiger partial charge in [-0.2, -0.15) is 10.2 Å². The second-order valence-corrected chi connectivity index (χ2v) is 6.55. The van der Waals surface area contributed by atoms with Crippen LogP contribution in [0.2, 0.25) is 0 Å². The summed E-state index contributed by atoms with van der Waals surface area (Å²) in [6.45, 7) is 6.55. The fraction of sp³-hybridized carbons (Fsp3) is 0.375. The van der Waals surface area contributed by atoms with E-state index in [9.17, 15) is 4.79 Å². The van der Waals surface area contributed by atoms with Crippen molar-refractivity contribution in [2.24, 2.45) is 5.73 Å². The second kappa shape index (κ2) is 5.95. The van der Waals surface area contributed by atoms with Gasteiger partial charge in [-0.05, 0) is 39.0 Å². The lowest BCUT2D eigenvalue weighted by Crippen LogP contribution is -2.24. The lowest BCUT2D eigenvalue weighted by atomic mass is 10.1. The van der Waals surface area contributed by atoms with Crippen molar-refractivity contribution in [1.29, 1.82) is 0 Å². The summed E-state index contributed by atoms with van der Waals surface area (Å²) in [5, 5.41) is 8.57. The highest BCUT2D eigenvalue weighted by Gasteiger charge is 2.24. The molecule has 0 spiro atoms. The summed E-state index contributed by atoms with van der Waals surface area (Å²) in [5.41, 5.74) is 4.94. The number of carbonyl (C=O) groups excluding carboxylic acids is 1. The van der Waals surface area contributed by atoms with Crippen LogP contribution in [0.4, 0.5) is 0 Å². The number of aromatic nitrogens is 5. The molecule has 0 saturated carbocycles. The molecule has 3 aromatic rings. The third-order valence-electron chi connectivity index (χ3n) is 3.38. The van der Waals surface area contributed by atoms with E-state index in [-0.39, 0.29) is 12.0 Å². The summed E-state index contributed by atoms with van der Waals surface area (Å²) in [5.74, 6) is 1.85. The van der Waals surface area contributed by atoms with Crippen molar-refractivity contribution in [3.05, 3.63) is 42.2 Å². The van der Waals surface area contributed by atoms with E-state index in [1.807, 2.05) is 45.2 Å². The van der Waals surface area contributed by atoms with Crippen molar-refractivity contribution in [1.82, 2.24) is 24.5 Å². The Kier molecular flexibility index (Phi) is 3.96. The molecule has 8 heteroatoms. The van der Waals surface area contributed by atoms with Crippen LogP contribution in [0.1, 0.15) is 32.4 Å². The molecule has 2 N–H and O–H groups in total. The number of furan rings is 1. The van der Waals surface area contributed by atoms with Gasteiger partial charge in [-0.15, -0.1) is 0 Å². The molecule has 0 atom stereocenters. The first-order valence-corrected chi connectivity index (χ1v) is 7.64. The van der Waals surface area contributed by atoms with E-state index in [0.717, 1.165) is 5.76 Å². The van der Waals surface area contributed by atoms with Crippen LogP contribution in [0.5, 0.6) is 0 Å². The largest absolute Gasteiger partial charge is 0.456 e. The van der Waals surface area contributed by atoms with Gasteiger partial charge in [-0.3, -0.25) is 9.48 Å². The third-order valence-corrected chi connectivity index (χ3v) is 3.38. The minimum atomic E-state index is -0.466. The monoisotopic (exact) mass is 328 g/mol. The number of nitrogens with zero attached hydrogens (tertiary/aromatic N) is 5. The smallest absolute Gasteiger partial charge is 0.225 e. The fourth-order valence-corrected chi connectivity index (χ4v) is 2.35. The summed E-state index contributed by atoms with van der Waals surface area (Å²) < 4.78 is 9.42. The maximum absolute atomic E-state index is 11.2. The van der Waals surface area contributed by atoms with E-state index < -0.39 is 5.91 Å². The van der Waals surface area contributed by atoms with Crippen molar-refractivity contribution >= 4 is 5.91 Å². The summed E-state index contributed by atoms with van der Waals surface area (Å²) in [7, 11) is 0. The molecule has 0 saturated heterocycles. The molecule has 3 heterocycles. The molecule has 0 aliphatic carbocycles. The van der Waals surface area contributed by atoms with Crippen molar-refractivity contribution in [3.8, 4) is 11.6 Å². The van der Waals surface area contributed by atoms with Crippen molar-refractivity contribution < 1.29 is 9.21 Å². The van der Waals surface area contributed by atoms with Gasteiger partial charge in [0.25, 0.3) is 0 Å². The molecule has 0 unspecified atom stereocenters. The lowest BCUT2D eigenvalue weighted by molar-refractivity contribution is -0.117. The molecule has 0 bridgehead atoms. The van der Waals surface area contributed by atoms with E-state index in [4.69, 9.17) is 10.2 Å². The van der Waals surface area contributed by atoms with Crippen molar-refractivity contribution in [3.63, 3.8) is 0 Å². The predicted octanol–water partition coefficient (Wildman–Crippen LogP) is 1.57. The molecular weight excluding hydrogens is 308 g/mol. The molecule has 0 radical (unpaired) electrons. The molecule has 24 heavy (non-hydrogen) atoms. The predicted molar refractivity (Wildman–Crippen MR) is 86.9 cm³/mol. The molecule has 126 valence electrons.